The second-order valence-corrected chi connectivity index (χ2v) is 9.96. The summed E-state index contributed by atoms with van der Waals surface area (Å²) in [6, 6.07) is 3.69. The second-order valence-electron chi connectivity index (χ2n) is 9.96. The summed E-state index contributed by atoms with van der Waals surface area (Å²) in [5, 5.41) is 18.6. The van der Waals surface area contributed by atoms with Gasteiger partial charge in [-0.15, -0.1) is 0 Å². The van der Waals surface area contributed by atoms with Crippen LogP contribution >= 0.6 is 0 Å². The van der Waals surface area contributed by atoms with Crippen LogP contribution in [-0.4, -0.2) is 63.9 Å². The molecule has 186 valence electrons. The number of anilines is 1. The summed E-state index contributed by atoms with van der Waals surface area (Å²) in [6.07, 6.45) is 0.623. The van der Waals surface area contributed by atoms with Crippen LogP contribution < -0.4 is 10.6 Å². The molecule has 3 N–H and O–H groups in total. The molecule has 1 saturated heterocycles. The molecule has 1 aromatic carbocycles. The number of carbonyl (C=O) groups excluding carboxylic acids is 1. The molecule has 1 aromatic heterocycles. The molecule has 2 aliphatic rings. The number of primary amides is 1. The number of nitrogens with two attached hydrogens (primary N) is 1. The van der Waals surface area contributed by atoms with Crippen LogP contribution in [0.3, 0.4) is 0 Å². The summed E-state index contributed by atoms with van der Waals surface area (Å²) in [4.78, 5) is 16.0. The number of halogens is 3. The van der Waals surface area contributed by atoms with E-state index in [0.29, 0.717) is 41.6 Å². The van der Waals surface area contributed by atoms with Crippen molar-refractivity contribution in [2.45, 2.75) is 63.9 Å². The molecule has 34 heavy (non-hydrogen) atoms. The highest BCUT2D eigenvalue weighted by atomic mass is 19.4. The van der Waals surface area contributed by atoms with E-state index < -0.39 is 17.6 Å². The minimum atomic E-state index is -4.49. The first-order chi connectivity index (χ1) is 16.0. The van der Waals surface area contributed by atoms with Crippen LogP contribution in [0.1, 0.15) is 45.1 Å². The Balaban J connectivity index is 1.49. The first kappa shape index (κ1) is 24.7. The molecular formula is C24H32F3N5O2. The molecule has 0 radical (unpaired) electrons. The quantitative estimate of drug-likeness (QED) is 0.633. The zero-order valence-electron chi connectivity index (χ0n) is 19.5. The predicted molar refractivity (Wildman–Crippen MR) is 123 cm³/mol. The van der Waals surface area contributed by atoms with Gasteiger partial charge >= 0.3 is 6.18 Å². The van der Waals surface area contributed by atoms with Gasteiger partial charge in [0.1, 0.15) is 0 Å². The Morgan fingerprint density at radius 2 is 1.91 bits per heavy atom. The normalized spacial score (nSPS) is 23.1. The standard InChI is InChI=1S/C24H32F3N5O2/c1-14(2)23(34)15-3-6-17(7-4-15)31-11-18(12-31)32(13-22(28)33)21-10-29-30-20-8-5-16(9-19(20)21)24(25,26)27/h5,8-10,14-15,17-18,23,34H,3-4,6-7,11-13H2,1-2H3,(H2,28,33)/t15?,17?,23-/m0/s1. The van der Waals surface area contributed by atoms with Gasteiger partial charge in [0.25, 0.3) is 0 Å². The first-order valence-electron chi connectivity index (χ1n) is 11.8. The Labute approximate surface area is 197 Å². The number of rotatable bonds is 7. The molecule has 1 aliphatic heterocycles. The summed E-state index contributed by atoms with van der Waals surface area (Å²) in [5.74, 6) is 0.0225. The number of likely N-dealkylation sites (tertiary alicyclic amines) is 1. The van der Waals surface area contributed by atoms with E-state index in [4.69, 9.17) is 5.73 Å². The molecule has 0 unspecified atom stereocenters. The van der Waals surface area contributed by atoms with Crippen molar-refractivity contribution in [1.29, 1.82) is 0 Å². The van der Waals surface area contributed by atoms with Crippen LogP contribution in [0.4, 0.5) is 18.9 Å². The smallest absolute Gasteiger partial charge is 0.393 e. The third-order valence-corrected chi connectivity index (χ3v) is 7.34. The van der Waals surface area contributed by atoms with Gasteiger partial charge in [-0.1, -0.05) is 13.8 Å². The van der Waals surface area contributed by atoms with E-state index in [2.05, 4.69) is 15.1 Å². The topological polar surface area (TPSA) is 95.6 Å². The Kier molecular flexibility index (Phi) is 7.00. The Morgan fingerprint density at radius 3 is 2.50 bits per heavy atom. The highest BCUT2D eigenvalue weighted by Gasteiger charge is 2.40. The van der Waals surface area contributed by atoms with Crippen LogP contribution in [0, 0.1) is 11.8 Å². The zero-order chi connectivity index (χ0) is 24.6. The largest absolute Gasteiger partial charge is 0.416 e. The van der Waals surface area contributed by atoms with Crippen LogP contribution in [0.2, 0.25) is 0 Å². The van der Waals surface area contributed by atoms with Gasteiger partial charge in [-0.3, -0.25) is 9.69 Å². The lowest BCUT2D eigenvalue weighted by Gasteiger charge is -2.51. The molecule has 7 nitrogen and oxygen atoms in total. The number of aromatic nitrogens is 2. The number of carbonyl (C=O) groups is 1. The van der Waals surface area contributed by atoms with Crippen molar-refractivity contribution in [3.05, 3.63) is 30.0 Å². The maximum atomic E-state index is 13.3. The maximum absolute atomic E-state index is 13.3. The number of nitrogens with zero attached hydrogens (tertiary/aromatic N) is 4. The van der Waals surface area contributed by atoms with Crippen molar-refractivity contribution in [2.75, 3.05) is 24.5 Å². The average molecular weight is 480 g/mol. The molecule has 2 heterocycles. The van der Waals surface area contributed by atoms with Crippen LogP contribution in [0.5, 0.6) is 0 Å². The highest BCUT2D eigenvalue weighted by molar-refractivity contribution is 5.93. The lowest BCUT2D eigenvalue weighted by atomic mass is 9.78. The number of benzene rings is 1. The van der Waals surface area contributed by atoms with E-state index in [1.807, 2.05) is 13.8 Å². The van der Waals surface area contributed by atoms with E-state index in [1.54, 1.807) is 4.90 Å². The second kappa shape index (κ2) is 9.65. The molecule has 0 bridgehead atoms. The minimum Gasteiger partial charge on any atom is -0.393 e. The van der Waals surface area contributed by atoms with Crippen molar-refractivity contribution >= 4 is 22.5 Å². The van der Waals surface area contributed by atoms with Gasteiger partial charge in [-0.2, -0.15) is 23.4 Å². The fourth-order valence-electron chi connectivity index (χ4n) is 5.36. The highest BCUT2D eigenvalue weighted by Crippen LogP contribution is 2.37. The van der Waals surface area contributed by atoms with Crippen molar-refractivity contribution in [2.24, 2.45) is 17.6 Å². The zero-order valence-corrected chi connectivity index (χ0v) is 19.5. The average Bonchev–Trinajstić information content (AvgIpc) is 2.75. The number of amides is 1. The Bertz CT molecular complexity index is 1020. The van der Waals surface area contributed by atoms with E-state index in [9.17, 15) is 23.1 Å². The van der Waals surface area contributed by atoms with E-state index in [0.717, 1.165) is 37.8 Å². The summed E-state index contributed by atoms with van der Waals surface area (Å²) < 4.78 is 40.0. The molecule has 2 fully saturated rings. The fraction of sp³-hybridized carbons (Fsp3) is 0.625. The SMILES string of the molecule is CC(C)[C@H](O)C1CCC(N2CC(N(CC(N)=O)c3cnnc4ccc(C(F)(F)F)cc34)C2)CC1. The summed E-state index contributed by atoms with van der Waals surface area (Å²) in [7, 11) is 0. The van der Waals surface area contributed by atoms with Gasteiger partial charge in [0, 0.05) is 24.5 Å². The molecule has 2 aromatic rings. The van der Waals surface area contributed by atoms with Crippen LogP contribution in [0.15, 0.2) is 24.4 Å². The van der Waals surface area contributed by atoms with E-state index in [1.165, 1.54) is 12.3 Å². The molecule has 10 heteroatoms. The van der Waals surface area contributed by atoms with Gasteiger partial charge in [0.15, 0.2) is 0 Å². The maximum Gasteiger partial charge on any atom is 0.416 e. The van der Waals surface area contributed by atoms with Gasteiger partial charge in [0.05, 0.1) is 41.7 Å². The number of fused-ring (bicyclic) bond motifs is 1. The third kappa shape index (κ3) is 5.12. The summed E-state index contributed by atoms with van der Waals surface area (Å²) in [6.45, 7) is 5.36. The van der Waals surface area contributed by atoms with Gasteiger partial charge in [0.2, 0.25) is 5.91 Å². The summed E-state index contributed by atoms with van der Waals surface area (Å²) in [5.41, 5.74) is 5.49. The van der Waals surface area contributed by atoms with Crippen molar-refractivity contribution in [3.8, 4) is 0 Å². The Hall–Kier alpha value is -2.46. The first-order valence-corrected chi connectivity index (χ1v) is 11.8. The van der Waals surface area contributed by atoms with Crippen LogP contribution in [-0.2, 0) is 11.0 Å². The molecule has 4 rings (SSSR count). The number of hydrogen-bond donors (Lipinski definition) is 2. The van der Waals surface area contributed by atoms with Gasteiger partial charge in [-0.05, 0) is 55.7 Å². The lowest BCUT2D eigenvalue weighted by molar-refractivity contribution is -0.137. The molecule has 1 amide bonds. The number of hydrogen-bond acceptors (Lipinski definition) is 6. The molecular weight excluding hydrogens is 447 g/mol. The monoisotopic (exact) mass is 479 g/mol. The van der Waals surface area contributed by atoms with Crippen molar-refractivity contribution < 1.29 is 23.1 Å². The van der Waals surface area contributed by atoms with Crippen molar-refractivity contribution in [1.82, 2.24) is 15.1 Å². The number of aliphatic hydroxyl groups is 1. The van der Waals surface area contributed by atoms with Crippen molar-refractivity contribution in [3.63, 3.8) is 0 Å². The van der Waals surface area contributed by atoms with Gasteiger partial charge in [-0.25, -0.2) is 0 Å². The van der Waals surface area contributed by atoms with E-state index >= 15 is 0 Å². The minimum absolute atomic E-state index is 0.0616. The molecule has 1 saturated carbocycles. The fourth-order valence-corrected chi connectivity index (χ4v) is 5.36. The summed E-state index contributed by atoms with van der Waals surface area (Å²) >= 11 is 0. The molecule has 1 atom stereocenters. The Morgan fingerprint density at radius 1 is 1.24 bits per heavy atom. The number of aliphatic hydroxyl groups excluding tert-OH is 1. The molecule has 0 spiro atoms. The lowest BCUT2D eigenvalue weighted by Crippen LogP contribution is -2.64. The number of alkyl halides is 3. The predicted octanol–water partition coefficient (Wildman–Crippen LogP) is 3.20. The van der Waals surface area contributed by atoms with Crippen LogP contribution in [0.25, 0.3) is 10.9 Å². The molecule has 1 aliphatic carbocycles. The van der Waals surface area contributed by atoms with E-state index in [-0.39, 0.29) is 24.6 Å². The third-order valence-electron chi connectivity index (χ3n) is 7.34. The van der Waals surface area contributed by atoms with Gasteiger partial charge < -0.3 is 15.7 Å².